The number of tetrazole rings is 1. The maximum atomic E-state index is 13.3. The summed E-state index contributed by atoms with van der Waals surface area (Å²) in [6, 6.07) is 3.99. The molecule has 0 bridgehead atoms. The number of nitriles is 1. The van der Waals surface area contributed by atoms with Gasteiger partial charge in [0.15, 0.2) is 0 Å². The van der Waals surface area contributed by atoms with E-state index in [9.17, 15) is 8.78 Å². The summed E-state index contributed by atoms with van der Waals surface area (Å²) in [4.78, 5) is 0. The van der Waals surface area contributed by atoms with Crippen LogP contribution in [0.3, 0.4) is 0 Å². The fourth-order valence-corrected chi connectivity index (χ4v) is 1.45. The largest absolute Gasteiger partial charge is 0.360 e. The van der Waals surface area contributed by atoms with Gasteiger partial charge in [-0.05, 0) is 33.3 Å². The second-order valence-corrected chi connectivity index (χ2v) is 4.10. The highest BCUT2D eigenvalue weighted by atomic mass is 79.9. The first kappa shape index (κ1) is 13.1. The van der Waals surface area contributed by atoms with Crippen molar-refractivity contribution in [1.82, 2.24) is 20.6 Å². The minimum Gasteiger partial charge on any atom is -0.360 e. The number of allylic oxidation sites excluding steroid dienone is 1. The van der Waals surface area contributed by atoms with Crippen molar-refractivity contribution >= 4 is 27.2 Å². The minimum absolute atomic E-state index is 0.0671. The standard InChI is InChI=1S/C10H5BrF2N6/c11-9-7(12)1-6(2-8(9)13)15-4-5(3-14)10-16-18-19-17-10/h1-2,4,15H,(H,16,17,18,19). The zero-order chi connectivity index (χ0) is 13.8. The molecule has 0 aliphatic heterocycles. The van der Waals surface area contributed by atoms with Gasteiger partial charge in [-0.3, -0.25) is 0 Å². The Morgan fingerprint density at radius 3 is 2.63 bits per heavy atom. The van der Waals surface area contributed by atoms with Gasteiger partial charge in [-0.1, -0.05) is 0 Å². The van der Waals surface area contributed by atoms with Crippen LogP contribution in [0.25, 0.3) is 5.57 Å². The van der Waals surface area contributed by atoms with Crippen LogP contribution >= 0.6 is 15.9 Å². The highest BCUT2D eigenvalue weighted by Gasteiger charge is 2.09. The summed E-state index contributed by atoms with van der Waals surface area (Å²) >= 11 is 2.76. The number of benzene rings is 1. The van der Waals surface area contributed by atoms with Crippen LogP contribution in [-0.2, 0) is 0 Å². The van der Waals surface area contributed by atoms with Crippen LogP contribution in [0.15, 0.2) is 22.8 Å². The maximum absolute atomic E-state index is 13.3. The number of aromatic amines is 1. The summed E-state index contributed by atoms with van der Waals surface area (Å²) in [5.74, 6) is -1.43. The van der Waals surface area contributed by atoms with Crippen molar-refractivity contribution in [3.63, 3.8) is 0 Å². The molecular formula is C10H5BrF2N6. The molecule has 0 amide bonds. The lowest BCUT2D eigenvalue weighted by molar-refractivity contribution is 0.573. The highest BCUT2D eigenvalue weighted by Crippen LogP contribution is 2.24. The molecule has 0 saturated heterocycles. The number of hydrogen-bond acceptors (Lipinski definition) is 5. The molecule has 2 aromatic rings. The fraction of sp³-hybridized carbons (Fsp3) is 0. The molecule has 2 rings (SSSR count). The van der Waals surface area contributed by atoms with E-state index in [0.717, 1.165) is 12.1 Å². The van der Waals surface area contributed by atoms with Gasteiger partial charge in [-0.15, -0.1) is 10.2 Å². The Balaban J connectivity index is 2.25. The number of hydrogen-bond donors (Lipinski definition) is 2. The first-order valence-corrected chi connectivity index (χ1v) is 5.66. The van der Waals surface area contributed by atoms with Crippen LogP contribution in [0.1, 0.15) is 5.82 Å². The van der Waals surface area contributed by atoms with Crippen LogP contribution in [0.4, 0.5) is 14.5 Å². The van der Waals surface area contributed by atoms with Crippen LogP contribution in [0.5, 0.6) is 0 Å². The number of anilines is 1. The Kier molecular flexibility index (Phi) is 3.82. The van der Waals surface area contributed by atoms with Crippen molar-refractivity contribution in [1.29, 1.82) is 5.26 Å². The normalized spacial score (nSPS) is 11.2. The van der Waals surface area contributed by atoms with Crippen molar-refractivity contribution in [2.75, 3.05) is 5.32 Å². The van der Waals surface area contributed by atoms with E-state index in [1.54, 1.807) is 0 Å². The molecule has 1 heterocycles. The number of rotatable bonds is 3. The Hall–Kier alpha value is -2.34. The molecule has 0 aliphatic carbocycles. The average Bonchev–Trinajstić information content (AvgIpc) is 2.90. The van der Waals surface area contributed by atoms with Crippen LogP contribution in [0, 0.1) is 23.0 Å². The van der Waals surface area contributed by atoms with Crippen molar-refractivity contribution in [2.45, 2.75) is 0 Å². The quantitative estimate of drug-likeness (QED) is 0.666. The molecule has 0 fully saturated rings. The van der Waals surface area contributed by atoms with E-state index in [0.29, 0.717) is 0 Å². The van der Waals surface area contributed by atoms with Gasteiger partial charge >= 0.3 is 0 Å². The summed E-state index contributed by atoms with van der Waals surface area (Å²) < 4.78 is 26.3. The van der Waals surface area contributed by atoms with Crippen LogP contribution < -0.4 is 5.32 Å². The van der Waals surface area contributed by atoms with Gasteiger partial charge in [-0.25, -0.2) is 8.78 Å². The molecular weight excluding hydrogens is 322 g/mol. The van der Waals surface area contributed by atoms with Gasteiger partial charge < -0.3 is 5.32 Å². The van der Waals surface area contributed by atoms with E-state index in [-0.39, 0.29) is 21.6 Å². The van der Waals surface area contributed by atoms with Gasteiger partial charge in [-0.2, -0.15) is 10.5 Å². The number of nitrogens with one attached hydrogen (secondary N) is 2. The summed E-state index contributed by atoms with van der Waals surface area (Å²) in [5, 5.41) is 24.2. The first-order chi connectivity index (χ1) is 9.11. The van der Waals surface area contributed by atoms with Crippen LogP contribution in [0.2, 0.25) is 0 Å². The van der Waals surface area contributed by atoms with Crippen molar-refractivity contribution in [3.8, 4) is 6.07 Å². The third-order valence-electron chi connectivity index (χ3n) is 2.07. The maximum Gasteiger partial charge on any atom is 0.216 e. The smallest absolute Gasteiger partial charge is 0.216 e. The third-order valence-corrected chi connectivity index (χ3v) is 2.83. The number of H-pyrrole nitrogens is 1. The lowest BCUT2D eigenvalue weighted by Gasteiger charge is -2.03. The zero-order valence-corrected chi connectivity index (χ0v) is 10.7. The van der Waals surface area contributed by atoms with Crippen molar-refractivity contribution in [2.24, 2.45) is 0 Å². The molecule has 0 unspecified atom stereocenters. The van der Waals surface area contributed by atoms with Crippen LogP contribution in [-0.4, -0.2) is 20.6 Å². The lowest BCUT2D eigenvalue weighted by Crippen LogP contribution is -1.95. The first-order valence-electron chi connectivity index (χ1n) is 4.87. The van der Waals surface area contributed by atoms with Gasteiger partial charge in [0.2, 0.25) is 5.82 Å². The average molecular weight is 327 g/mol. The molecule has 19 heavy (non-hydrogen) atoms. The fourth-order valence-electron chi connectivity index (χ4n) is 1.22. The van der Waals surface area contributed by atoms with E-state index in [4.69, 9.17) is 5.26 Å². The van der Waals surface area contributed by atoms with Gasteiger partial charge in [0, 0.05) is 11.9 Å². The molecule has 0 saturated carbocycles. The highest BCUT2D eigenvalue weighted by molar-refractivity contribution is 9.10. The van der Waals surface area contributed by atoms with Crippen molar-refractivity contribution in [3.05, 3.63) is 40.3 Å². The predicted octanol–water partition coefficient (Wildman–Crippen LogP) is 2.22. The second kappa shape index (κ2) is 5.53. The van der Waals surface area contributed by atoms with E-state index in [2.05, 4.69) is 41.9 Å². The molecule has 0 aliphatic rings. The number of aromatic nitrogens is 4. The van der Waals surface area contributed by atoms with Gasteiger partial charge in [0.05, 0.1) is 4.47 Å². The molecule has 9 heteroatoms. The lowest BCUT2D eigenvalue weighted by atomic mass is 10.2. The number of halogens is 3. The zero-order valence-electron chi connectivity index (χ0n) is 9.15. The van der Waals surface area contributed by atoms with Gasteiger partial charge in [0.25, 0.3) is 0 Å². The monoisotopic (exact) mass is 326 g/mol. The van der Waals surface area contributed by atoms with Crippen molar-refractivity contribution < 1.29 is 8.78 Å². The minimum atomic E-state index is -0.756. The van der Waals surface area contributed by atoms with Gasteiger partial charge in [0.1, 0.15) is 23.3 Å². The molecule has 2 N–H and O–H groups in total. The molecule has 0 radical (unpaired) electrons. The summed E-state index contributed by atoms with van der Waals surface area (Å²) in [6.45, 7) is 0. The molecule has 1 aromatic heterocycles. The summed E-state index contributed by atoms with van der Waals surface area (Å²) in [7, 11) is 0. The Morgan fingerprint density at radius 2 is 2.11 bits per heavy atom. The van der Waals surface area contributed by atoms with E-state index < -0.39 is 11.6 Å². The topological polar surface area (TPSA) is 90.3 Å². The SMILES string of the molecule is N#CC(=CNc1cc(F)c(Br)c(F)c1)c1nn[nH]n1. The van der Waals surface area contributed by atoms with E-state index in [1.807, 2.05) is 6.07 Å². The second-order valence-electron chi connectivity index (χ2n) is 3.30. The van der Waals surface area contributed by atoms with E-state index >= 15 is 0 Å². The molecule has 0 spiro atoms. The third kappa shape index (κ3) is 2.92. The summed E-state index contributed by atoms with van der Waals surface area (Å²) in [6.07, 6.45) is 1.23. The molecule has 1 aromatic carbocycles. The Morgan fingerprint density at radius 1 is 1.42 bits per heavy atom. The Bertz CT molecular complexity index is 638. The molecule has 96 valence electrons. The molecule has 6 nitrogen and oxygen atoms in total. The Labute approximate surface area is 114 Å². The van der Waals surface area contributed by atoms with E-state index in [1.165, 1.54) is 6.20 Å². The number of nitrogens with zero attached hydrogens (tertiary/aromatic N) is 4. The summed E-state index contributed by atoms with van der Waals surface area (Å²) in [5.41, 5.74) is 0.215. The molecule has 0 atom stereocenters. The predicted molar refractivity (Wildman–Crippen MR) is 65.4 cm³/mol.